The van der Waals surface area contributed by atoms with Crippen molar-refractivity contribution >= 4 is 0 Å². The molecule has 0 fully saturated rings. The molecule has 0 rings (SSSR count). The Hall–Kier alpha value is -0.980. The molecule has 0 bridgehead atoms. The highest BCUT2D eigenvalue weighted by Gasteiger charge is 1.90. The molecule has 0 radical (unpaired) electrons. The third kappa shape index (κ3) is 5.16. The van der Waals surface area contributed by atoms with Crippen molar-refractivity contribution < 1.29 is 4.74 Å². The van der Waals surface area contributed by atoms with Gasteiger partial charge in [-0.25, -0.2) is 0 Å². The third-order valence-corrected chi connectivity index (χ3v) is 0.903. The highest BCUT2D eigenvalue weighted by molar-refractivity contribution is 5.18. The Morgan fingerprint density at radius 3 is 1.80 bits per heavy atom. The molecule has 0 aliphatic carbocycles. The number of ether oxygens (including phenoxy) is 1. The minimum absolute atomic E-state index is 0.866. The topological polar surface area (TPSA) is 9.23 Å². The number of allylic oxidation sites excluding steroid dienone is 2. The second-order valence-electron chi connectivity index (χ2n) is 1.64. The second kappa shape index (κ2) is 8.02. The largest absolute Gasteiger partial charge is 0.497 e. The summed E-state index contributed by atoms with van der Waals surface area (Å²) in [5, 5.41) is 0. The zero-order valence-electron chi connectivity index (χ0n) is 7.11. The van der Waals surface area contributed by atoms with E-state index in [0.717, 1.165) is 11.3 Å². The van der Waals surface area contributed by atoms with E-state index in [9.17, 15) is 0 Å². The first-order chi connectivity index (χ1) is 4.72. The summed E-state index contributed by atoms with van der Waals surface area (Å²) < 4.78 is 4.92. The Morgan fingerprint density at radius 2 is 1.80 bits per heavy atom. The van der Waals surface area contributed by atoms with E-state index in [4.69, 9.17) is 4.74 Å². The maximum absolute atomic E-state index is 4.92. The van der Waals surface area contributed by atoms with E-state index in [0.29, 0.717) is 0 Å². The first-order valence-electron chi connectivity index (χ1n) is 3.08. The lowest BCUT2D eigenvalue weighted by molar-refractivity contribution is 0.300. The van der Waals surface area contributed by atoms with E-state index in [1.807, 2.05) is 19.9 Å². The summed E-state index contributed by atoms with van der Waals surface area (Å²) in [5.74, 6) is 0.866. The Bertz CT molecular complexity index is 123. The van der Waals surface area contributed by atoms with Crippen LogP contribution in [-0.4, -0.2) is 7.11 Å². The Morgan fingerprint density at radius 1 is 1.40 bits per heavy atom. The molecule has 0 saturated heterocycles. The van der Waals surface area contributed by atoms with Gasteiger partial charge in [-0.2, -0.15) is 0 Å². The summed E-state index contributed by atoms with van der Waals surface area (Å²) in [6.45, 7) is 13.5. The summed E-state index contributed by atoms with van der Waals surface area (Å²) in [5.41, 5.74) is 0.968. The fourth-order valence-corrected chi connectivity index (χ4v) is 0.538. The molecule has 0 aliphatic heterocycles. The zero-order valence-corrected chi connectivity index (χ0v) is 7.11. The average molecular weight is 140 g/mol. The predicted molar refractivity (Wildman–Crippen MR) is 46.8 cm³/mol. The fraction of sp³-hybridized carbons (Fsp3) is 0.333. The molecule has 0 aromatic rings. The molecular weight excluding hydrogens is 124 g/mol. The average Bonchev–Trinajstić information content (AvgIpc) is 1.94. The van der Waals surface area contributed by atoms with Crippen molar-refractivity contribution in [2.24, 2.45) is 0 Å². The summed E-state index contributed by atoms with van der Waals surface area (Å²) >= 11 is 0. The molecule has 0 saturated carbocycles. The number of hydrogen-bond acceptors (Lipinski definition) is 1. The molecule has 0 unspecified atom stereocenters. The zero-order chi connectivity index (χ0) is 8.57. The summed E-state index contributed by atoms with van der Waals surface area (Å²) in [4.78, 5) is 0. The molecule has 0 spiro atoms. The molecule has 0 amide bonds. The van der Waals surface area contributed by atoms with Crippen LogP contribution in [0.4, 0.5) is 0 Å². The minimum atomic E-state index is 0.866. The van der Waals surface area contributed by atoms with Gasteiger partial charge in [-0.3, -0.25) is 0 Å². The highest BCUT2D eigenvalue weighted by Crippen LogP contribution is 2.04. The summed E-state index contributed by atoms with van der Waals surface area (Å²) in [6, 6.07) is 0. The molecule has 0 heterocycles. The number of methoxy groups -OCH3 is 1. The molecule has 10 heavy (non-hydrogen) atoms. The molecule has 58 valence electrons. The van der Waals surface area contributed by atoms with Crippen molar-refractivity contribution in [1.82, 2.24) is 0 Å². The van der Waals surface area contributed by atoms with Gasteiger partial charge in [0.25, 0.3) is 0 Å². The van der Waals surface area contributed by atoms with Crippen LogP contribution in [0.2, 0.25) is 0 Å². The van der Waals surface area contributed by atoms with Gasteiger partial charge in [-0.15, -0.1) is 13.2 Å². The van der Waals surface area contributed by atoms with Gasteiger partial charge >= 0.3 is 0 Å². The molecular formula is C9H16O. The van der Waals surface area contributed by atoms with Crippen LogP contribution in [0.3, 0.4) is 0 Å². The molecule has 0 aromatic carbocycles. The van der Waals surface area contributed by atoms with Crippen molar-refractivity contribution in [3.63, 3.8) is 0 Å². The number of hydrogen-bond donors (Lipinski definition) is 0. The molecule has 0 aromatic heterocycles. The van der Waals surface area contributed by atoms with Gasteiger partial charge in [-0.1, -0.05) is 6.58 Å². The van der Waals surface area contributed by atoms with Gasteiger partial charge in [0.15, 0.2) is 0 Å². The Kier molecular flexibility index (Phi) is 9.44. The first-order valence-corrected chi connectivity index (χ1v) is 3.08. The molecule has 0 aliphatic rings. The van der Waals surface area contributed by atoms with Gasteiger partial charge in [0.1, 0.15) is 5.76 Å². The van der Waals surface area contributed by atoms with Crippen LogP contribution in [0.15, 0.2) is 37.1 Å². The smallest absolute Gasteiger partial charge is 0.116 e. The number of rotatable bonds is 2. The minimum Gasteiger partial charge on any atom is -0.497 e. The fourth-order valence-electron chi connectivity index (χ4n) is 0.538. The normalized spacial score (nSPS) is 9.30. The summed E-state index contributed by atoms with van der Waals surface area (Å²) in [6.07, 6.45) is 1.89. The van der Waals surface area contributed by atoms with Crippen LogP contribution < -0.4 is 0 Å². The van der Waals surface area contributed by atoms with Crippen LogP contribution in [-0.2, 0) is 4.74 Å². The van der Waals surface area contributed by atoms with Crippen molar-refractivity contribution in [2.45, 2.75) is 13.8 Å². The van der Waals surface area contributed by atoms with Gasteiger partial charge in [0.05, 0.1) is 7.11 Å². The van der Waals surface area contributed by atoms with Gasteiger partial charge in [0, 0.05) is 0 Å². The maximum atomic E-state index is 4.92. The highest BCUT2D eigenvalue weighted by atomic mass is 16.5. The monoisotopic (exact) mass is 140 g/mol. The molecule has 0 N–H and O–H groups in total. The standard InChI is InChI=1S/C7H12O.C2H4/c1-5-7(8-4)6(2)3;1-2/h5H,2H2,1,3-4H3;1-2H2/b7-5+;. The van der Waals surface area contributed by atoms with E-state index < -0.39 is 0 Å². The first kappa shape index (κ1) is 11.8. The lowest BCUT2D eigenvalue weighted by atomic mass is 10.3. The van der Waals surface area contributed by atoms with Crippen LogP contribution in [0.25, 0.3) is 0 Å². The van der Waals surface area contributed by atoms with Crippen LogP contribution >= 0.6 is 0 Å². The molecule has 1 nitrogen and oxygen atoms in total. The van der Waals surface area contributed by atoms with Gasteiger partial charge < -0.3 is 4.74 Å². The van der Waals surface area contributed by atoms with Crippen LogP contribution in [0, 0.1) is 0 Å². The maximum Gasteiger partial charge on any atom is 0.116 e. The molecule has 0 atom stereocenters. The van der Waals surface area contributed by atoms with E-state index in [-0.39, 0.29) is 0 Å². The lowest BCUT2D eigenvalue weighted by Crippen LogP contribution is -1.84. The summed E-state index contributed by atoms with van der Waals surface area (Å²) in [7, 11) is 1.64. The van der Waals surface area contributed by atoms with Gasteiger partial charge in [0.2, 0.25) is 0 Å². The van der Waals surface area contributed by atoms with E-state index in [2.05, 4.69) is 19.7 Å². The second-order valence-corrected chi connectivity index (χ2v) is 1.64. The predicted octanol–water partition coefficient (Wildman–Crippen LogP) is 2.91. The van der Waals surface area contributed by atoms with Crippen LogP contribution in [0.1, 0.15) is 13.8 Å². The Balaban J connectivity index is 0. The van der Waals surface area contributed by atoms with E-state index in [1.165, 1.54) is 0 Å². The van der Waals surface area contributed by atoms with Crippen molar-refractivity contribution in [2.75, 3.05) is 7.11 Å². The van der Waals surface area contributed by atoms with Crippen molar-refractivity contribution in [1.29, 1.82) is 0 Å². The lowest BCUT2D eigenvalue weighted by Gasteiger charge is -2.01. The Labute approximate surface area is 63.7 Å². The quantitative estimate of drug-likeness (QED) is 0.325. The van der Waals surface area contributed by atoms with Crippen LogP contribution in [0.5, 0.6) is 0 Å². The SMILES string of the molecule is C=C.C=C(C)/C(=C\C)OC. The molecule has 1 heteroatoms. The van der Waals surface area contributed by atoms with Crippen molar-refractivity contribution in [3.05, 3.63) is 37.1 Å². The van der Waals surface area contributed by atoms with E-state index >= 15 is 0 Å². The van der Waals surface area contributed by atoms with E-state index in [1.54, 1.807) is 7.11 Å². The third-order valence-electron chi connectivity index (χ3n) is 0.903. The van der Waals surface area contributed by atoms with Gasteiger partial charge in [-0.05, 0) is 25.5 Å². The van der Waals surface area contributed by atoms with Crippen molar-refractivity contribution in [3.8, 4) is 0 Å².